The number of nitrogens with one attached hydrogen (secondary N) is 1. The molecule has 2 aliphatic heterocycles. The Morgan fingerprint density at radius 3 is 2.62 bits per heavy atom. The molecule has 2 aliphatic rings. The van der Waals surface area contributed by atoms with Crippen LogP contribution in [0.15, 0.2) is 36.4 Å². The van der Waals surface area contributed by atoms with Crippen molar-refractivity contribution in [1.29, 1.82) is 0 Å². The number of fused-ring (bicyclic) bond motifs is 1. The van der Waals surface area contributed by atoms with Crippen LogP contribution in [0.1, 0.15) is 46.6 Å². The van der Waals surface area contributed by atoms with Crippen molar-refractivity contribution in [2.75, 3.05) is 19.6 Å². The molecule has 0 spiro atoms. The lowest BCUT2D eigenvalue weighted by molar-refractivity contribution is 0.103. The maximum Gasteiger partial charge on any atom is 0.194 e. The van der Waals surface area contributed by atoms with E-state index in [1.807, 2.05) is 30.3 Å². The summed E-state index contributed by atoms with van der Waals surface area (Å²) in [5.41, 5.74) is 4.11. The van der Waals surface area contributed by atoms with E-state index in [0.717, 1.165) is 43.0 Å². The number of benzene rings is 1. The highest BCUT2D eigenvalue weighted by Crippen LogP contribution is 2.24. The SMILES string of the molecule is O=C(c1ccccc1)c1cc(CN2CCCCC2)n2c1CNCC2. The molecule has 1 fully saturated rings. The van der Waals surface area contributed by atoms with Crippen molar-refractivity contribution in [3.63, 3.8) is 0 Å². The van der Waals surface area contributed by atoms with E-state index in [4.69, 9.17) is 0 Å². The minimum atomic E-state index is 0.146. The van der Waals surface area contributed by atoms with Gasteiger partial charge in [-0.05, 0) is 32.0 Å². The maximum absolute atomic E-state index is 13.0. The first kappa shape index (κ1) is 15.6. The minimum Gasteiger partial charge on any atom is -0.344 e. The molecule has 0 atom stereocenters. The second-order valence-electron chi connectivity index (χ2n) is 6.86. The van der Waals surface area contributed by atoms with Gasteiger partial charge in [0.1, 0.15) is 0 Å². The van der Waals surface area contributed by atoms with Gasteiger partial charge in [-0.2, -0.15) is 0 Å². The Bertz CT molecular complexity index is 714. The summed E-state index contributed by atoms with van der Waals surface area (Å²) in [5.74, 6) is 0.146. The minimum absolute atomic E-state index is 0.146. The molecule has 126 valence electrons. The summed E-state index contributed by atoms with van der Waals surface area (Å²) < 4.78 is 2.38. The molecule has 1 aromatic carbocycles. The van der Waals surface area contributed by atoms with Gasteiger partial charge in [0.2, 0.25) is 0 Å². The summed E-state index contributed by atoms with van der Waals surface area (Å²) in [4.78, 5) is 15.5. The topological polar surface area (TPSA) is 37.3 Å². The fraction of sp³-hybridized carbons (Fsp3) is 0.450. The van der Waals surface area contributed by atoms with E-state index >= 15 is 0 Å². The highest BCUT2D eigenvalue weighted by molar-refractivity contribution is 6.10. The predicted molar refractivity (Wildman–Crippen MR) is 95.1 cm³/mol. The molecule has 1 saturated heterocycles. The second kappa shape index (κ2) is 6.91. The highest BCUT2D eigenvalue weighted by Gasteiger charge is 2.24. The molecule has 4 heteroatoms. The molecule has 4 nitrogen and oxygen atoms in total. The Balaban J connectivity index is 1.66. The molecular formula is C20H25N3O. The van der Waals surface area contributed by atoms with Gasteiger partial charge < -0.3 is 9.88 Å². The third kappa shape index (κ3) is 3.04. The van der Waals surface area contributed by atoms with Crippen molar-refractivity contribution < 1.29 is 4.79 Å². The van der Waals surface area contributed by atoms with Crippen LogP contribution in [-0.4, -0.2) is 34.9 Å². The lowest BCUT2D eigenvalue weighted by Gasteiger charge is -2.28. The Kier molecular flexibility index (Phi) is 4.50. The third-order valence-electron chi connectivity index (χ3n) is 5.21. The van der Waals surface area contributed by atoms with E-state index in [0.29, 0.717) is 0 Å². The average Bonchev–Trinajstić information content (AvgIpc) is 3.01. The fourth-order valence-corrected chi connectivity index (χ4v) is 3.93. The smallest absolute Gasteiger partial charge is 0.194 e. The summed E-state index contributed by atoms with van der Waals surface area (Å²) in [7, 11) is 0. The van der Waals surface area contributed by atoms with E-state index in [9.17, 15) is 4.79 Å². The normalized spacial score (nSPS) is 18.3. The van der Waals surface area contributed by atoms with Crippen LogP contribution in [0.3, 0.4) is 0 Å². The van der Waals surface area contributed by atoms with Crippen LogP contribution in [0.25, 0.3) is 0 Å². The molecule has 0 amide bonds. The molecule has 2 aromatic rings. The van der Waals surface area contributed by atoms with Crippen LogP contribution in [0.2, 0.25) is 0 Å². The Morgan fingerprint density at radius 2 is 1.83 bits per heavy atom. The van der Waals surface area contributed by atoms with Crippen LogP contribution in [0.4, 0.5) is 0 Å². The first-order valence-electron chi connectivity index (χ1n) is 9.07. The van der Waals surface area contributed by atoms with Gasteiger partial charge in [0, 0.05) is 48.7 Å². The quantitative estimate of drug-likeness (QED) is 0.879. The Labute approximate surface area is 143 Å². The highest BCUT2D eigenvalue weighted by atomic mass is 16.1. The summed E-state index contributed by atoms with van der Waals surface area (Å²) >= 11 is 0. The van der Waals surface area contributed by atoms with E-state index < -0.39 is 0 Å². The Hall–Kier alpha value is -1.91. The van der Waals surface area contributed by atoms with Crippen LogP contribution >= 0.6 is 0 Å². The molecule has 3 heterocycles. The summed E-state index contributed by atoms with van der Waals surface area (Å²) in [6, 6.07) is 11.8. The molecule has 0 saturated carbocycles. The average molecular weight is 323 g/mol. The summed E-state index contributed by atoms with van der Waals surface area (Å²) in [6.45, 7) is 6.05. The monoisotopic (exact) mass is 323 g/mol. The number of rotatable bonds is 4. The zero-order chi connectivity index (χ0) is 16.4. The van der Waals surface area contributed by atoms with Crippen molar-refractivity contribution in [3.05, 3.63) is 58.9 Å². The fourth-order valence-electron chi connectivity index (χ4n) is 3.93. The number of piperidine rings is 1. The summed E-state index contributed by atoms with van der Waals surface area (Å²) in [5, 5.41) is 3.42. The number of carbonyl (C=O) groups excluding carboxylic acids is 1. The molecule has 0 aliphatic carbocycles. The number of nitrogens with zero attached hydrogens (tertiary/aromatic N) is 2. The molecule has 0 radical (unpaired) electrons. The van der Waals surface area contributed by atoms with Gasteiger partial charge in [0.05, 0.1) is 0 Å². The van der Waals surface area contributed by atoms with Gasteiger partial charge in [-0.1, -0.05) is 36.8 Å². The van der Waals surface area contributed by atoms with E-state index in [1.54, 1.807) is 0 Å². The van der Waals surface area contributed by atoms with Gasteiger partial charge in [0.15, 0.2) is 5.78 Å². The zero-order valence-electron chi connectivity index (χ0n) is 14.1. The van der Waals surface area contributed by atoms with Crippen LogP contribution in [0.5, 0.6) is 0 Å². The summed E-state index contributed by atoms with van der Waals surface area (Å²) in [6.07, 6.45) is 3.94. The van der Waals surface area contributed by atoms with E-state index in [-0.39, 0.29) is 5.78 Å². The largest absolute Gasteiger partial charge is 0.344 e. The van der Waals surface area contributed by atoms with Crippen molar-refractivity contribution in [2.24, 2.45) is 0 Å². The lowest BCUT2D eigenvalue weighted by atomic mass is 10.0. The molecule has 24 heavy (non-hydrogen) atoms. The molecular weight excluding hydrogens is 298 g/mol. The van der Waals surface area contributed by atoms with Crippen molar-refractivity contribution in [1.82, 2.24) is 14.8 Å². The van der Waals surface area contributed by atoms with Gasteiger partial charge in [-0.15, -0.1) is 0 Å². The van der Waals surface area contributed by atoms with E-state index in [2.05, 4.69) is 20.9 Å². The van der Waals surface area contributed by atoms with Crippen molar-refractivity contribution >= 4 is 5.78 Å². The van der Waals surface area contributed by atoms with Crippen LogP contribution in [-0.2, 0) is 19.6 Å². The van der Waals surface area contributed by atoms with Crippen molar-refractivity contribution in [3.8, 4) is 0 Å². The predicted octanol–water partition coefficient (Wildman–Crippen LogP) is 2.81. The van der Waals surface area contributed by atoms with Gasteiger partial charge >= 0.3 is 0 Å². The lowest BCUT2D eigenvalue weighted by Crippen LogP contribution is -2.33. The van der Waals surface area contributed by atoms with Crippen LogP contribution < -0.4 is 5.32 Å². The van der Waals surface area contributed by atoms with Crippen LogP contribution in [0, 0.1) is 0 Å². The molecule has 1 aromatic heterocycles. The van der Waals surface area contributed by atoms with Gasteiger partial charge in [0.25, 0.3) is 0 Å². The molecule has 0 bridgehead atoms. The molecule has 1 N–H and O–H groups in total. The Morgan fingerprint density at radius 1 is 1.04 bits per heavy atom. The number of hydrogen-bond acceptors (Lipinski definition) is 3. The number of carbonyl (C=O) groups is 1. The first-order valence-corrected chi connectivity index (χ1v) is 9.07. The number of ketones is 1. The first-order chi connectivity index (χ1) is 11.8. The molecule has 4 rings (SSSR count). The van der Waals surface area contributed by atoms with Crippen molar-refractivity contribution in [2.45, 2.75) is 38.9 Å². The van der Waals surface area contributed by atoms with Gasteiger partial charge in [-0.3, -0.25) is 9.69 Å². The third-order valence-corrected chi connectivity index (χ3v) is 5.21. The molecule has 0 unspecified atom stereocenters. The second-order valence-corrected chi connectivity index (χ2v) is 6.86. The number of aromatic nitrogens is 1. The van der Waals surface area contributed by atoms with E-state index in [1.165, 1.54) is 38.0 Å². The number of hydrogen-bond donors (Lipinski definition) is 1. The van der Waals surface area contributed by atoms with Gasteiger partial charge in [-0.25, -0.2) is 0 Å². The standard InChI is InChI=1S/C20H25N3O/c24-20(16-7-3-1-4-8-16)18-13-17(15-22-10-5-2-6-11-22)23-12-9-21-14-19(18)23/h1,3-4,7-8,13,21H,2,5-6,9-12,14-15H2. The zero-order valence-corrected chi connectivity index (χ0v) is 14.1. The number of likely N-dealkylation sites (tertiary alicyclic amines) is 1. The maximum atomic E-state index is 13.0.